The van der Waals surface area contributed by atoms with Crippen LogP contribution in [0.4, 0.5) is 4.79 Å². The third kappa shape index (κ3) is 8.53. The standard InChI is InChI=1S/C25H33NO6S/c1-16(2)9-10-19-11-12-20(33-19)14-17(3)23(28)22-21(27)15-18(32-24(22)29)8-6-5-7-13-26-25(30)31-4/h7,11-13,15-17,27H,5-6,8-10,14H2,1-4H3,(H,26,30)/b13-7+. The van der Waals surface area contributed by atoms with E-state index in [-0.39, 0.29) is 11.3 Å². The number of hydrogen-bond acceptors (Lipinski definition) is 7. The number of hydrogen-bond donors (Lipinski definition) is 2. The largest absolute Gasteiger partial charge is 0.507 e. The van der Waals surface area contributed by atoms with Gasteiger partial charge < -0.3 is 14.3 Å². The molecule has 0 aliphatic carbocycles. The number of carbonyl (C=O) groups excluding carboxylic acids is 2. The Balaban J connectivity index is 1.94. The molecule has 0 aliphatic heterocycles. The molecule has 0 fully saturated rings. The summed E-state index contributed by atoms with van der Waals surface area (Å²) >= 11 is 1.69. The van der Waals surface area contributed by atoms with Gasteiger partial charge in [-0.05, 0) is 50.2 Å². The van der Waals surface area contributed by atoms with Crippen molar-refractivity contribution in [1.29, 1.82) is 0 Å². The first-order valence-electron chi connectivity index (χ1n) is 11.2. The lowest BCUT2D eigenvalue weighted by Gasteiger charge is -2.10. The second kappa shape index (κ2) is 13.0. The molecule has 0 spiro atoms. The summed E-state index contributed by atoms with van der Waals surface area (Å²) in [5, 5.41) is 12.8. The number of methoxy groups -OCH3 is 1. The fraction of sp³-hybridized carbons (Fsp3) is 0.480. The summed E-state index contributed by atoms with van der Waals surface area (Å²) < 4.78 is 9.73. The molecule has 0 aromatic carbocycles. The fourth-order valence-electron chi connectivity index (χ4n) is 3.28. The number of alkyl carbamates (subject to hydrolysis) is 1. The number of aromatic hydroxyl groups is 1. The predicted molar refractivity (Wildman–Crippen MR) is 129 cm³/mol. The number of amides is 1. The van der Waals surface area contributed by atoms with E-state index in [2.05, 4.69) is 30.0 Å². The first-order valence-corrected chi connectivity index (χ1v) is 12.0. The van der Waals surface area contributed by atoms with E-state index in [4.69, 9.17) is 4.42 Å². The van der Waals surface area contributed by atoms with Gasteiger partial charge >= 0.3 is 11.7 Å². The zero-order valence-electron chi connectivity index (χ0n) is 19.7. The van der Waals surface area contributed by atoms with Gasteiger partial charge in [-0.25, -0.2) is 9.59 Å². The van der Waals surface area contributed by atoms with Gasteiger partial charge in [0.05, 0.1) is 7.11 Å². The quantitative estimate of drug-likeness (QED) is 0.321. The molecule has 1 amide bonds. The average molecular weight is 476 g/mol. The molecule has 2 rings (SSSR count). The van der Waals surface area contributed by atoms with Gasteiger partial charge in [-0.15, -0.1) is 11.3 Å². The maximum Gasteiger partial charge on any atom is 0.410 e. The van der Waals surface area contributed by atoms with E-state index in [0.29, 0.717) is 37.4 Å². The van der Waals surface area contributed by atoms with E-state index in [1.54, 1.807) is 24.3 Å². The van der Waals surface area contributed by atoms with Crippen LogP contribution in [0.3, 0.4) is 0 Å². The average Bonchev–Trinajstić information content (AvgIpc) is 3.21. The normalized spacial score (nSPS) is 12.3. The van der Waals surface area contributed by atoms with Gasteiger partial charge in [-0.2, -0.15) is 0 Å². The molecule has 0 radical (unpaired) electrons. The third-order valence-electron chi connectivity index (χ3n) is 5.17. The Kier molecular flexibility index (Phi) is 10.4. The summed E-state index contributed by atoms with van der Waals surface area (Å²) in [5.41, 5.74) is -1.10. The number of carbonyl (C=O) groups is 2. The van der Waals surface area contributed by atoms with E-state index in [1.165, 1.54) is 24.3 Å². The summed E-state index contributed by atoms with van der Waals surface area (Å²) in [6, 6.07) is 5.47. The molecule has 8 heteroatoms. The number of ketones is 1. The summed E-state index contributed by atoms with van der Waals surface area (Å²) in [4.78, 5) is 38.6. The molecule has 2 heterocycles. The van der Waals surface area contributed by atoms with Crippen molar-refractivity contribution in [2.75, 3.05) is 7.11 Å². The fourth-order valence-corrected chi connectivity index (χ4v) is 4.44. The van der Waals surface area contributed by atoms with Crippen LogP contribution in [0.25, 0.3) is 0 Å². The Morgan fingerprint density at radius 1 is 1.21 bits per heavy atom. The SMILES string of the molecule is COC(=O)N/C=C/CCCc1cc(O)c(C(=O)C(C)Cc2ccc(CCC(C)C)s2)c(=O)o1. The highest BCUT2D eigenvalue weighted by Gasteiger charge is 2.24. The lowest BCUT2D eigenvalue weighted by molar-refractivity contribution is 0.0922. The lowest BCUT2D eigenvalue weighted by Crippen LogP contribution is -2.22. The maximum atomic E-state index is 12.9. The van der Waals surface area contributed by atoms with Gasteiger partial charge in [0.25, 0.3) is 0 Å². The number of nitrogens with one attached hydrogen (secondary N) is 1. The van der Waals surface area contributed by atoms with Gasteiger partial charge in [0, 0.05) is 34.4 Å². The van der Waals surface area contributed by atoms with Crippen molar-refractivity contribution in [3.05, 3.63) is 62.0 Å². The Hall–Kier alpha value is -2.87. The minimum Gasteiger partial charge on any atom is -0.507 e. The van der Waals surface area contributed by atoms with Crippen LogP contribution in [-0.4, -0.2) is 24.1 Å². The smallest absolute Gasteiger partial charge is 0.410 e. The van der Waals surface area contributed by atoms with Gasteiger partial charge in [0.2, 0.25) is 0 Å². The number of ether oxygens (including phenoxy) is 1. The van der Waals surface area contributed by atoms with Gasteiger partial charge in [0.15, 0.2) is 5.78 Å². The van der Waals surface area contributed by atoms with Crippen LogP contribution in [0.5, 0.6) is 5.75 Å². The van der Waals surface area contributed by atoms with Gasteiger partial charge in [-0.1, -0.05) is 26.8 Å². The molecule has 33 heavy (non-hydrogen) atoms. The summed E-state index contributed by atoms with van der Waals surface area (Å²) in [6.07, 6.45) is 6.97. The molecule has 0 bridgehead atoms. The summed E-state index contributed by atoms with van der Waals surface area (Å²) in [5.74, 6) is -0.259. The van der Waals surface area contributed by atoms with Crippen LogP contribution >= 0.6 is 11.3 Å². The van der Waals surface area contributed by atoms with Crippen molar-refractivity contribution >= 4 is 23.2 Å². The Labute approximate surface area is 198 Å². The highest BCUT2D eigenvalue weighted by Crippen LogP contribution is 2.25. The highest BCUT2D eigenvalue weighted by molar-refractivity contribution is 7.12. The molecule has 1 unspecified atom stereocenters. The van der Waals surface area contributed by atoms with Crippen LogP contribution in [0.15, 0.2) is 39.7 Å². The molecule has 7 nitrogen and oxygen atoms in total. The van der Waals surface area contributed by atoms with Crippen molar-refractivity contribution in [3.63, 3.8) is 0 Å². The van der Waals surface area contributed by atoms with E-state index in [9.17, 15) is 19.5 Å². The number of unbranched alkanes of at least 4 members (excludes halogenated alkanes) is 1. The lowest BCUT2D eigenvalue weighted by atomic mass is 9.96. The van der Waals surface area contributed by atoms with E-state index in [0.717, 1.165) is 17.7 Å². The monoisotopic (exact) mass is 475 g/mol. The second-order valence-electron chi connectivity index (χ2n) is 8.46. The van der Waals surface area contributed by atoms with Crippen molar-refractivity contribution in [2.24, 2.45) is 11.8 Å². The number of aryl methyl sites for hydroxylation is 2. The van der Waals surface area contributed by atoms with Gasteiger partial charge in [0.1, 0.15) is 17.1 Å². The second-order valence-corrected chi connectivity index (χ2v) is 9.71. The summed E-state index contributed by atoms with van der Waals surface area (Å²) in [7, 11) is 1.28. The first-order chi connectivity index (χ1) is 15.7. The molecule has 0 aliphatic rings. The van der Waals surface area contributed by atoms with Crippen molar-refractivity contribution in [2.45, 2.75) is 59.3 Å². The molecular weight excluding hydrogens is 442 g/mol. The first kappa shape index (κ1) is 26.4. The Morgan fingerprint density at radius 3 is 2.61 bits per heavy atom. The number of allylic oxidation sites excluding steroid dienone is 1. The number of thiophene rings is 1. The van der Waals surface area contributed by atoms with Crippen molar-refractivity contribution in [3.8, 4) is 5.75 Å². The highest BCUT2D eigenvalue weighted by atomic mass is 32.1. The molecule has 1 atom stereocenters. The molecule has 2 aromatic rings. The van der Waals surface area contributed by atoms with Crippen LogP contribution in [0.2, 0.25) is 0 Å². The van der Waals surface area contributed by atoms with Crippen molar-refractivity contribution < 1.29 is 23.8 Å². The van der Waals surface area contributed by atoms with Gasteiger partial charge in [-0.3, -0.25) is 10.1 Å². The molecule has 0 saturated heterocycles. The Morgan fingerprint density at radius 2 is 1.94 bits per heavy atom. The van der Waals surface area contributed by atoms with Crippen LogP contribution < -0.4 is 10.9 Å². The molecule has 0 saturated carbocycles. The topological polar surface area (TPSA) is 106 Å². The number of Topliss-reactive ketones (excluding diaryl/α,β-unsaturated/α-hetero) is 1. The molecule has 2 N–H and O–H groups in total. The maximum absolute atomic E-state index is 12.9. The predicted octanol–water partition coefficient (Wildman–Crippen LogP) is 5.25. The minimum absolute atomic E-state index is 0.287. The molecular formula is C25H33NO6S. The van der Waals surface area contributed by atoms with E-state index < -0.39 is 23.4 Å². The Bertz CT molecular complexity index is 1020. The third-order valence-corrected chi connectivity index (χ3v) is 6.33. The summed E-state index contributed by atoms with van der Waals surface area (Å²) in [6.45, 7) is 6.15. The van der Waals surface area contributed by atoms with Crippen LogP contribution in [-0.2, 0) is 24.0 Å². The van der Waals surface area contributed by atoms with Crippen LogP contribution in [0.1, 0.15) is 65.9 Å². The van der Waals surface area contributed by atoms with E-state index >= 15 is 0 Å². The molecule has 180 valence electrons. The zero-order valence-corrected chi connectivity index (χ0v) is 20.5. The van der Waals surface area contributed by atoms with Crippen LogP contribution in [0, 0.1) is 11.8 Å². The number of rotatable bonds is 12. The molecule has 2 aromatic heterocycles. The van der Waals surface area contributed by atoms with E-state index in [1.807, 2.05) is 6.07 Å². The zero-order chi connectivity index (χ0) is 24.4. The van der Waals surface area contributed by atoms with Crippen molar-refractivity contribution in [1.82, 2.24) is 5.32 Å². The minimum atomic E-state index is -0.812.